The van der Waals surface area contributed by atoms with E-state index in [9.17, 15) is 24.6 Å². The van der Waals surface area contributed by atoms with E-state index in [0.29, 0.717) is 11.3 Å². The summed E-state index contributed by atoms with van der Waals surface area (Å²) >= 11 is 1.55. The van der Waals surface area contributed by atoms with Gasteiger partial charge in [0.15, 0.2) is 0 Å². The Labute approximate surface area is 253 Å². The predicted octanol–water partition coefficient (Wildman–Crippen LogP) is 2.26. The van der Waals surface area contributed by atoms with Crippen LogP contribution in [-0.2, 0) is 20.7 Å². The number of pyridine rings is 1. The third-order valence-electron chi connectivity index (χ3n) is 6.29. The molecule has 0 spiro atoms. The zero-order chi connectivity index (χ0) is 31.3. The molecule has 0 aliphatic heterocycles. The van der Waals surface area contributed by atoms with E-state index in [-0.39, 0.29) is 28.2 Å². The van der Waals surface area contributed by atoms with Crippen molar-refractivity contribution in [2.24, 2.45) is 0 Å². The lowest BCUT2D eigenvalue weighted by Crippen LogP contribution is -2.59. The summed E-state index contributed by atoms with van der Waals surface area (Å²) in [6.45, 7) is 3.66. The van der Waals surface area contributed by atoms with E-state index >= 15 is 0 Å². The quantitative estimate of drug-likeness (QED) is 0.157. The van der Waals surface area contributed by atoms with Crippen LogP contribution in [0.15, 0.2) is 54.9 Å². The summed E-state index contributed by atoms with van der Waals surface area (Å²) in [5.74, 6) is -0.124. The van der Waals surface area contributed by atoms with Gasteiger partial charge in [0.2, 0.25) is 11.8 Å². The number of aliphatic hydroxyl groups excluding tert-OH is 2. The number of thioether (sulfide) groups is 1. The molecule has 1 aromatic heterocycles. The van der Waals surface area contributed by atoms with Crippen LogP contribution in [0.2, 0.25) is 0 Å². The van der Waals surface area contributed by atoms with Crippen LogP contribution in [0.3, 0.4) is 0 Å². The first-order valence-corrected chi connectivity index (χ1v) is 14.8. The fourth-order valence-corrected chi connectivity index (χ4v) is 5.22. The molecule has 2 rings (SSSR count). The minimum absolute atomic E-state index is 0. The van der Waals surface area contributed by atoms with Gasteiger partial charge in [-0.2, -0.15) is 11.8 Å². The maximum absolute atomic E-state index is 13.6. The van der Waals surface area contributed by atoms with Gasteiger partial charge in [-0.05, 0) is 42.7 Å². The number of carbonyl (C=O) groups is 3. The second-order valence-electron chi connectivity index (χ2n) is 9.57. The smallest absolute Gasteiger partial charge is 0.253 e. The zero-order valence-corrected chi connectivity index (χ0v) is 25.0. The summed E-state index contributed by atoms with van der Waals surface area (Å²) in [4.78, 5) is 56.2. The van der Waals surface area contributed by atoms with Crippen molar-refractivity contribution in [1.29, 1.82) is 0 Å². The standard InChI is InChI=1S/C29H42N4O6S.O2.2H2/c1-4-5-16-40-19-25(33-28(37)22-12-9-14-30-18-22)29(38)32-24(17-21-10-7-6-8-11-21)27(36)26(35)23(13-15-39-3)31-20(2)34;1-2;;/h6-12,14,18,23-27,35-36H,4-5,13,15-17,19H2,1-3H3,(H,31,34)(H,32,38)(H,33,37);;2*1H/t23-,24+,25-,26-,27-;;;/m1.../s1. The van der Waals surface area contributed by atoms with Crippen LogP contribution < -0.4 is 16.0 Å². The molecule has 0 saturated heterocycles. The Morgan fingerprint density at radius 3 is 2.29 bits per heavy atom. The average Bonchev–Trinajstić information content (AvgIpc) is 3.01. The van der Waals surface area contributed by atoms with E-state index < -0.39 is 42.1 Å². The molecule has 1 heterocycles. The molecule has 0 radical (unpaired) electrons. The largest absolute Gasteiger partial charge is 0.388 e. The molecule has 42 heavy (non-hydrogen) atoms. The first kappa shape index (κ1) is 36.6. The molecule has 0 fully saturated rings. The number of ether oxygens (including phenoxy) is 1. The molecule has 0 saturated carbocycles. The molecule has 5 N–H and O–H groups in total. The third kappa shape index (κ3) is 13.5. The summed E-state index contributed by atoms with van der Waals surface area (Å²) in [6.07, 6.45) is 2.62. The van der Waals surface area contributed by atoms with Crippen LogP contribution in [0.4, 0.5) is 0 Å². The lowest BCUT2D eigenvalue weighted by atomic mass is 9.92. The van der Waals surface area contributed by atoms with E-state index in [0.717, 1.165) is 24.2 Å². The van der Waals surface area contributed by atoms with Crippen molar-refractivity contribution in [2.45, 2.75) is 69.9 Å². The Morgan fingerprint density at radius 2 is 1.69 bits per heavy atom. The normalized spacial score (nSPS) is 14.2. The van der Waals surface area contributed by atoms with Gasteiger partial charge in [-0.15, -0.1) is 0 Å². The predicted molar refractivity (Wildman–Crippen MR) is 167 cm³/mol. The third-order valence-corrected chi connectivity index (χ3v) is 7.44. The highest BCUT2D eigenvalue weighted by molar-refractivity contribution is 7.99. The van der Waals surface area contributed by atoms with E-state index in [4.69, 9.17) is 14.7 Å². The van der Waals surface area contributed by atoms with E-state index in [1.54, 1.807) is 30.1 Å². The molecule has 13 heteroatoms. The average molecular weight is 611 g/mol. The van der Waals surface area contributed by atoms with E-state index in [2.05, 4.69) is 27.9 Å². The zero-order valence-electron chi connectivity index (χ0n) is 24.2. The van der Waals surface area contributed by atoms with Crippen molar-refractivity contribution in [3.8, 4) is 0 Å². The molecule has 236 valence electrons. The molecule has 1 aromatic carbocycles. The van der Waals surface area contributed by atoms with Crippen molar-refractivity contribution in [1.82, 2.24) is 20.9 Å². The number of nitrogens with zero attached hydrogens (tertiary/aromatic N) is 1. The first-order valence-electron chi connectivity index (χ1n) is 13.7. The van der Waals surface area contributed by atoms with Gasteiger partial charge in [0.25, 0.3) is 5.91 Å². The van der Waals surface area contributed by atoms with Gasteiger partial charge in [-0.25, -0.2) is 0 Å². The number of aromatic nitrogens is 1. The Morgan fingerprint density at radius 1 is 1.00 bits per heavy atom. The van der Waals surface area contributed by atoms with Gasteiger partial charge in [0.1, 0.15) is 18.2 Å². The molecule has 5 atom stereocenters. The number of benzene rings is 1. The van der Waals surface area contributed by atoms with Crippen molar-refractivity contribution in [3.63, 3.8) is 0 Å². The molecule has 0 aliphatic rings. The van der Waals surface area contributed by atoms with E-state index in [1.807, 2.05) is 30.3 Å². The first-order chi connectivity index (χ1) is 20.3. The molecular weight excluding hydrogens is 564 g/mol. The molecule has 0 aliphatic carbocycles. The molecule has 0 bridgehead atoms. The maximum Gasteiger partial charge on any atom is 0.253 e. The van der Waals surface area contributed by atoms with Gasteiger partial charge in [0.05, 0.1) is 17.6 Å². The molecule has 0 unspecified atom stereocenters. The number of methoxy groups -OCH3 is 1. The topological polar surface area (TPSA) is 184 Å². The summed E-state index contributed by atoms with van der Waals surface area (Å²) < 4.78 is 5.10. The second kappa shape index (κ2) is 21.3. The monoisotopic (exact) mass is 610 g/mol. The molecule has 2 aromatic rings. The summed E-state index contributed by atoms with van der Waals surface area (Å²) in [7, 11) is 1.50. The van der Waals surface area contributed by atoms with Crippen LogP contribution in [0.1, 0.15) is 51.9 Å². The van der Waals surface area contributed by atoms with Crippen LogP contribution in [-0.4, -0.2) is 88.5 Å². The number of amides is 3. The Kier molecular flexibility index (Phi) is 18.6. The van der Waals surface area contributed by atoms with Gasteiger partial charge in [0, 0.05) is 51.6 Å². The van der Waals surface area contributed by atoms with Crippen molar-refractivity contribution < 1.29 is 32.2 Å². The highest BCUT2D eigenvalue weighted by Crippen LogP contribution is 2.15. The fraction of sp³-hybridized carbons (Fsp3) is 0.517. The van der Waals surface area contributed by atoms with Crippen LogP contribution >= 0.6 is 11.8 Å². The van der Waals surface area contributed by atoms with Crippen LogP contribution in [0.5, 0.6) is 0 Å². The fourth-order valence-electron chi connectivity index (χ4n) is 4.09. The lowest BCUT2D eigenvalue weighted by molar-refractivity contribution is -0.126. The SMILES string of the molecule is CCCCSC[C@@H](NC(=O)c1cccnc1)C(=O)N[C@@H](Cc1ccccc1)[C@@H](O)[C@H](O)[C@@H](CCOC)NC(C)=O.O=O.[HH].[HH]. The molecule has 3 amide bonds. The Balaban J connectivity index is 0. The number of hydrogen-bond acceptors (Lipinski definition) is 10. The van der Waals surface area contributed by atoms with Crippen LogP contribution in [0.25, 0.3) is 0 Å². The number of carbonyl (C=O) groups excluding carboxylic acids is 3. The minimum atomic E-state index is -1.43. The van der Waals surface area contributed by atoms with E-state index in [1.165, 1.54) is 20.2 Å². The van der Waals surface area contributed by atoms with Gasteiger partial charge < -0.3 is 30.9 Å². The molecular formula is C29H46N4O8S. The Bertz CT molecular complexity index is 1060. The Hall–Kier alpha value is -3.39. The van der Waals surface area contributed by atoms with Gasteiger partial charge >= 0.3 is 0 Å². The van der Waals surface area contributed by atoms with Crippen LogP contribution in [0, 0.1) is 9.93 Å². The summed E-state index contributed by atoms with van der Waals surface area (Å²) in [5.41, 5.74) is 1.16. The van der Waals surface area contributed by atoms with Crippen molar-refractivity contribution >= 4 is 29.5 Å². The number of rotatable bonds is 18. The van der Waals surface area contributed by atoms with Gasteiger partial charge in [-0.3, -0.25) is 19.4 Å². The van der Waals surface area contributed by atoms with Crippen molar-refractivity contribution in [3.05, 3.63) is 75.9 Å². The summed E-state index contributed by atoms with van der Waals surface area (Å²) in [6, 6.07) is 9.91. The number of hydrogen-bond donors (Lipinski definition) is 5. The van der Waals surface area contributed by atoms with Crippen molar-refractivity contribution in [2.75, 3.05) is 25.2 Å². The molecule has 12 nitrogen and oxygen atoms in total. The lowest BCUT2D eigenvalue weighted by Gasteiger charge is -2.33. The van der Waals surface area contributed by atoms with Gasteiger partial charge in [-0.1, -0.05) is 43.7 Å². The minimum Gasteiger partial charge on any atom is -0.388 e. The summed E-state index contributed by atoms with van der Waals surface area (Å²) in [5, 5.41) is 30.7. The number of aliphatic hydroxyl groups is 2. The highest BCUT2D eigenvalue weighted by atomic mass is 32.2. The highest BCUT2D eigenvalue weighted by Gasteiger charge is 2.35. The number of nitrogens with one attached hydrogen (secondary N) is 3. The number of unbranched alkanes of at least 4 members (excludes halogenated alkanes) is 1. The maximum atomic E-state index is 13.6. The second-order valence-corrected chi connectivity index (χ2v) is 10.7.